The maximum atomic E-state index is 12.9. The largest absolute Gasteiger partial charge is 0.493 e. The third-order valence-electron chi connectivity index (χ3n) is 5.22. The molecule has 0 spiro atoms. The van der Waals surface area contributed by atoms with E-state index in [1.807, 2.05) is 37.3 Å². The topological polar surface area (TPSA) is 59.1 Å². The summed E-state index contributed by atoms with van der Waals surface area (Å²) in [7, 11) is 3.11. The quantitative estimate of drug-likeness (QED) is 0.712. The first-order valence-corrected chi connectivity index (χ1v) is 10.1. The number of amides is 2. The van der Waals surface area contributed by atoms with Gasteiger partial charge in [0.25, 0.3) is 5.91 Å². The van der Waals surface area contributed by atoms with Gasteiger partial charge in [0.2, 0.25) is 5.91 Å². The predicted octanol–water partition coefficient (Wildman–Crippen LogP) is 3.40. The van der Waals surface area contributed by atoms with Crippen LogP contribution in [0.25, 0.3) is 6.08 Å². The number of rotatable bonds is 5. The van der Waals surface area contributed by atoms with Crippen molar-refractivity contribution in [3.05, 3.63) is 65.2 Å². The summed E-state index contributed by atoms with van der Waals surface area (Å²) in [6.07, 6.45) is 4.18. The first-order chi connectivity index (χ1) is 14.5. The predicted molar refractivity (Wildman–Crippen MR) is 117 cm³/mol. The van der Waals surface area contributed by atoms with E-state index in [1.54, 1.807) is 48.3 Å². The molecule has 3 rings (SSSR count). The number of hydrogen-bond donors (Lipinski definition) is 0. The summed E-state index contributed by atoms with van der Waals surface area (Å²) in [4.78, 5) is 29.1. The molecule has 0 radical (unpaired) electrons. The van der Waals surface area contributed by atoms with Crippen LogP contribution in [0, 0.1) is 6.92 Å². The number of aryl methyl sites for hydroxylation is 1. The highest BCUT2D eigenvalue weighted by atomic mass is 16.5. The third kappa shape index (κ3) is 5.20. The molecule has 1 aliphatic rings. The first kappa shape index (κ1) is 21.4. The van der Waals surface area contributed by atoms with Crippen LogP contribution in [-0.2, 0) is 4.79 Å². The van der Waals surface area contributed by atoms with Crippen LogP contribution in [0.1, 0.15) is 27.9 Å². The Kier molecular flexibility index (Phi) is 7.12. The Morgan fingerprint density at radius 3 is 2.23 bits per heavy atom. The van der Waals surface area contributed by atoms with Gasteiger partial charge in [-0.1, -0.05) is 29.8 Å². The lowest BCUT2D eigenvalue weighted by Crippen LogP contribution is -2.36. The minimum Gasteiger partial charge on any atom is -0.493 e. The van der Waals surface area contributed by atoms with Crippen LogP contribution >= 0.6 is 0 Å². The van der Waals surface area contributed by atoms with Gasteiger partial charge in [0.05, 0.1) is 14.2 Å². The van der Waals surface area contributed by atoms with E-state index in [-0.39, 0.29) is 11.8 Å². The highest BCUT2D eigenvalue weighted by molar-refractivity contribution is 5.95. The lowest BCUT2D eigenvalue weighted by atomic mass is 10.1. The van der Waals surface area contributed by atoms with Crippen molar-refractivity contribution in [1.29, 1.82) is 0 Å². The van der Waals surface area contributed by atoms with Gasteiger partial charge in [-0.2, -0.15) is 0 Å². The molecule has 1 heterocycles. The van der Waals surface area contributed by atoms with Gasteiger partial charge >= 0.3 is 0 Å². The van der Waals surface area contributed by atoms with Crippen molar-refractivity contribution in [1.82, 2.24) is 9.80 Å². The number of hydrogen-bond acceptors (Lipinski definition) is 4. The Labute approximate surface area is 177 Å². The Bertz CT molecular complexity index is 921. The Balaban J connectivity index is 1.62. The Hall–Kier alpha value is -3.28. The van der Waals surface area contributed by atoms with E-state index in [4.69, 9.17) is 9.47 Å². The molecular weight excluding hydrogens is 380 g/mol. The van der Waals surface area contributed by atoms with E-state index in [0.29, 0.717) is 43.2 Å². The fourth-order valence-electron chi connectivity index (χ4n) is 3.44. The molecule has 2 aromatic rings. The van der Waals surface area contributed by atoms with Crippen molar-refractivity contribution in [2.24, 2.45) is 0 Å². The molecule has 0 saturated carbocycles. The fraction of sp³-hybridized carbons (Fsp3) is 0.333. The molecule has 2 aromatic carbocycles. The smallest absolute Gasteiger partial charge is 0.254 e. The molecule has 6 heteroatoms. The van der Waals surface area contributed by atoms with Gasteiger partial charge in [-0.3, -0.25) is 9.59 Å². The van der Waals surface area contributed by atoms with Crippen molar-refractivity contribution in [2.75, 3.05) is 40.4 Å². The number of nitrogens with zero attached hydrogens (tertiary/aromatic N) is 2. The molecule has 6 nitrogen and oxygen atoms in total. The molecule has 0 atom stereocenters. The summed E-state index contributed by atoms with van der Waals surface area (Å²) in [5.74, 6) is 1.01. The highest BCUT2D eigenvalue weighted by Crippen LogP contribution is 2.28. The van der Waals surface area contributed by atoms with Gasteiger partial charge < -0.3 is 19.3 Å². The van der Waals surface area contributed by atoms with E-state index < -0.39 is 0 Å². The Morgan fingerprint density at radius 2 is 1.53 bits per heavy atom. The molecule has 1 fully saturated rings. The summed E-state index contributed by atoms with van der Waals surface area (Å²) in [6.45, 7) is 4.28. The van der Waals surface area contributed by atoms with Crippen molar-refractivity contribution < 1.29 is 19.1 Å². The minimum atomic E-state index is -0.0690. The lowest BCUT2D eigenvalue weighted by molar-refractivity contribution is -0.125. The zero-order valence-electron chi connectivity index (χ0n) is 17.8. The minimum absolute atomic E-state index is 0.0315. The summed E-state index contributed by atoms with van der Waals surface area (Å²) >= 11 is 0. The standard InChI is InChI=1S/C24H28N2O4/c1-18-5-7-19(8-6-18)9-12-23(27)25-13-4-14-26(16-15-25)24(28)20-10-11-21(29-2)22(17-20)30-3/h5-12,17H,4,13-16H2,1-3H3/b12-9+. The summed E-state index contributed by atoms with van der Waals surface area (Å²) in [5.41, 5.74) is 2.73. The molecule has 1 saturated heterocycles. The number of carbonyl (C=O) groups excluding carboxylic acids is 2. The molecule has 0 aromatic heterocycles. The van der Waals surface area contributed by atoms with Crippen LogP contribution in [0.2, 0.25) is 0 Å². The van der Waals surface area contributed by atoms with E-state index in [2.05, 4.69) is 0 Å². The van der Waals surface area contributed by atoms with Crippen LogP contribution in [0.15, 0.2) is 48.5 Å². The molecule has 0 bridgehead atoms. The van der Waals surface area contributed by atoms with Crippen molar-refractivity contribution in [2.45, 2.75) is 13.3 Å². The normalized spacial score (nSPS) is 14.5. The van der Waals surface area contributed by atoms with Gasteiger partial charge in [-0.15, -0.1) is 0 Å². The van der Waals surface area contributed by atoms with Crippen molar-refractivity contribution in [3.8, 4) is 11.5 Å². The van der Waals surface area contributed by atoms with E-state index in [1.165, 1.54) is 5.56 Å². The molecule has 0 N–H and O–H groups in total. The van der Waals surface area contributed by atoms with E-state index in [0.717, 1.165) is 12.0 Å². The van der Waals surface area contributed by atoms with Gasteiger partial charge in [-0.25, -0.2) is 0 Å². The van der Waals surface area contributed by atoms with Crippen LogP contribution in [0.3, 0.4) is 0 Å². The van der Waals surface area contributed by atoms with Crippen molar-refractivity contribution in [3.63, 3.8) is 0 Å². The highest BCUT2D eigenvalue weighted by Gasteiger charge is 2.22. The average Bonchev–Trinajstić information content (AvgIpc) is 3.04. The molecule has 0 aliphatic carbocycles. The number of ether oxygens (including phenoxy) is 2. The maximum Gasteiger partial charge on any atom is 0.254 e. The van der Waals surface area contributed by atoms with Gasteiger partial charge in [0.1, 0.15) is 0 Å². The SMILES string of the molecule is COc1ccc(C(=O)N2CCCN(C(=O)/C=C/c3ccc(C)cc3)CC2)cc1OC. The maximum absolute atomic E-state index is 12.9. The van der Waals surface area contributed by atoms with E-state index >= 15 is 0 Å². The first-order valence-electron chi connectivity index (χ1n) is 10.1. The van der Waals surface area contributed by atoms with Gasteiger partial charge in [0.15, 0.2) is 11.5 Å². The second-order valence-electron chi connectivity index (χ2n) is 7.28. The van der Waals surface area contributed by atoms with Gasteiger partial charge in [-0.05, 0) is 43.2 Å². The van der Waals surface area contributed by atoms with E-state index in [9.17, 15) is 9.59 Å². The number of methoxy groups -OCH3 is 2. The monoisotopic (exact) mass is 408 g/mol. The molecule has 0 unspecified atom stereocenters. The lowest BCUT2D eigenvalue weighted by Gasteiger charge is -2.22. The average molecular weight is 408 g/mol. The molecule has 158 valence electrons. The zero-order chi connectivity index (χ0) is 21.5. The van der Waals surface area contributed by atoms with Gasteiger partial charge in [0, 0.05) is 37.8 Å². The summed E-state index contributed by atoms with van der Waals surface area (Å²) in [5, 5.41) is 0. The summed E-state index contributed by atoms with van der Waals surface area (Å²) in [6, 6.07) is 13.2. The molecule has 1 aliphatic heterocycles. The van der Waals surface area contributed by atoms with Crippen LogP contribution < -0.4 is 9.47 Å². The number of carbonyl (C=O) groups is 2. The second-order valence-corrected chi connectivity index (χ2v) is 7.28. The van der Waals surface area contributed by atoms with Crippen LogP contribution in [-0.4, -0.2) is 62.0 Å². The van der Waals surface area contributed by atoms with Crippen LogP contribution in [0.5, 0.6) is 11.5 Å². The third-order valence-corrected chi connectivity index (χ3v) is 5.22. The van der Waals surface area contributed by atoms with Crippen LogP contribution in [0.4, 0.5) is 0 Å². The summed E-state index contributed by atoms with van der Waals surface area (Å²) < 4.78 is 10.5. The van der Waals surface area contributed by atoms with Crippen molar-refractivity contribution >= 4 is 17.9 Å². The number of benzene rings is 2. The molecular formula is C24H28N2O4. The molecule has 2 amide bonds. The fourth-order valence-corrected chi connectivity index (χ4v) is 3.44. The Morgan fingerprint density at radius 1 is 0.867 bits per heavy atom. The second kappa shape index (κ2) is 9.96. The molecule has 30 heavy (non-hydrogen) atoms. The zero-order valence-corrected chi connectivity index (χ0v) is 17.8.